The Morgan fingerprint density at radius 3 is 2.50 bits per heavy atom. The number of nitrogens with zero attached hydrogens (tertiary/aromatic N) is 1. The Balaban J connectivity index is 1.23. The summed E-state index contributed by atoms with van der Waals surface area (Å²) in [7, 11) is 0. The van der Waals surface area contributed by atoms with Crippen LogP contribution in [0.2, 0.25) is 0 Å². The van der Waals surface area contributed by atoms with Crippen LogP contribution >= 0.6 is 22.7 Å². The van der Waals surface area contributed by atoms with Gasteiger partial charge >= 0.3 is 0 Å². The average Bonchev–Trinajstić information content (AvgIpc) is 3.56. The van der Waals surface area contributed by atoms with E-state index in [1.165, 1.54) is 21.8 Å². The Hall–Kier alpha value is -3.17. The van der Waals surface area contributed by atoms with Gasteiger partial charge in [0.2, 0.25) is 0 Å². The molecule has 0 radical (unpaired) electrons. The van der Waals surface area contributed by atoms with Gasteiger partial charge in [-0.1, -0.05) is 30.3 Å². The zero-order valence-corrected chi connectivity index (χ0v) is 23.2. The molecule has 6 nitrogen and oxygen atoms in total. The van der Waals surface area contributed by atoms with Crippen LogP contribution in [0.4, 0.5) is 5.69 Å². The number of anilines is 1. The number of carbonyl (C=O) groups is 2. The Labute approximate surface area is 230 Å². The highest BCUT2D eigenvalue weighted by Gasteiger charge is 2.21. The lowest BCUT2D eigenvalue weighted by Crippen LogP contribution is -2.22. The summed E-state index contributed by atoms with van der Waals surface area (Å²) < 4.78 is 0. The van der Waals surface area contributed by atoms with Gasteiger partial charge < -0.3 is 16.0 Å². The molecule has 0 bridgehead atoms. The molecule has 0 saturated carbocycles. The fourth-order valence-corrected chi connectivity index (χ4v) is 7.37. The number of carbonyl (C=O) groups excluding carboxylic acids is 2. The van der Waals surface area contributed by atoms with E-state index < -0.39 is 0 Å². The number of thiophene rings is 1. The van der Waals surface area contributed by atoms with Crippen LogP contribution in [-0.4, -0.2) is 29.8 Å². The number of fused-ring (bicyclic) bond motifs is 2. The Morgan fingerprint density at radius 2 is 1.68 bits per heavy atom. The highest BCUT2D eigenvalue weighted by Crippen LogP contribution is 2.34. The van der Waals surface area contributed by atoms with Crippen molar-refractivity contribution in [2.24, 2.45) is 0 Å². The van der Waals surface area contributed by atoms with E-state index >= 15 is 0 Å². The van der Waals surface area contributed by atoms with Gasteiger partial charge in [-0.25, -0.2) is 4.98 Å². The lowest BCUT2D eigenvalue weighted by atomic mass is 9.91. The van der Waals surface area contributed by atoms with Crippen LogP contribution < -0.4 is 16.0 Å². The molecule has 0 atom stereocenters. The summed E-state index contributed by atoms with van der Waals surface area (Å²) in [6.07, 6.45) is 2.24. The summed E-state index contributed by atoms with van der Waals surface area (Å²) >= 11 is 3.11. The van der Waals surface area contributed by atoms with Crippen molar-refractivity contribution in [3.8, 4) is 11.1 Å². The van der Waals surface area contributed by atoms with E-state index in [0.29, 0.717) is 11.4 Å². The third-order valence-corrected chi connectivity index (χ3v) is 9.86. The normalized spacial score (nSPS) is 14.6. The van der Waals surface area contributed by atoms with Crippen LogP contribution in [-0.2, 0) is 32.4 Å². The van der Waals surface area contributed by atoms with Gasteiger partial charge in [0.05, 0.1) is 10.6 Å². The molecular weight excluding hydrogens is 512 g/mol. The first kappa shape index (κ1) is 25.1. The SMILES string of the molecule is Cc1c(CC(=O)c2cc3c(s2)CCNC3)cccc1-c1cccc(NC(=O)c2nc3c(s2)CNCC3)c1C. The molecule has 3 N–H and O–H groups in total. The lowest BCUT2D eigenvalue weighted by Gasteiger charge is -2.16. The maximum atomic E-state index is 13.2. The van der Waals surface area contributed by atoms with Gasteiger partial charge in [-0.2, -0.15) is 0 Å². The molecule has 0 fully saturated rings. The van der Waals surface area contributed by atoms with Crippen LogP contribution in [0.3, 0.4) is 0 Å². The van der Waals surface area contributed by atoms with Crippen molar-refractivity contribution >= 4 is 40.1 Å². The van der Waals surface area contributed by atoms with Crippen LogP contribution in [0.15, 0.2) is 42.5 Å². The number of hydrogen-bond donors (Lipinski definition) is 3. The molecule has 194 valence electrons. The first-order chi connectivity index (χ1) is 18.5. The van der Waals surface area contributed by atoms with E-state index in [2.05, 4.69) is 46.1 Å². The number of Topliss-reactive ketones (excluding diaryl/α,β-unsaturated/α-hetero) is 1. The van der Waals surface area contributed by atoms with Crippen LogP contribution in [0, 0.1) is 13.8 Å². The van der Waals surface area contributed by atoms with Crippen molar-refractivity contribution < 1.29 is 9.59 Å². The Kier molecular flexibility index (Phi) is 6.97. The summed E-state index contributed by atoms with van der Waals surface area (Å²) in [6, 6.07) is 14.2. The highest BCUT2D eigenvalue weighted by atomic mass is 32.1. The van der Waals surface area contributed by atoms with Gasteiger partial charge in [-0.05, 0) is 65.8 Å². The first-order valence-corrected chi connectivity index (χ1v) is 14.7. The summed E-state index contributed by atoms with van der Waals surface area (Å²) in [5, 5.41) is 10.3. The molecule has 1 amide bonds. The monoisotopic (exact) mass is 542 g/mol. The van der Waals surface area contributed by atoms with Gasteiger partial charge in [0.25, 0.3) is 5.91 Å². The second kappa shape index (κ2) is 10.5. The fraction of sp³-hybridized carbons (Fsp3) is 0.300. The smallest absolute Gasteiger partial charge is 0.284 e. The molecule has 2 aromatic heterocycles. The Morgan fingerprint density at radius 1 is 0.921 bits per heavy atom. The molecule has 8 heteroatoms. The summed E-state index contributed by atoms with van der Waals surface area (Å²) in [5.41, 5.74) is 8.32. The van der Waals surface area contributed by atoms with Crippen molar-refractivity contribution in [1.29, 1.82) is 0 Å². The average molecular weight is 543 g/mol. The van der Waals surface area contributed by atoms with Gasteiger partial charge in [0, 0.05) is 54.5 Å². The van der Waals surface area contributed by atoms with E-state index in [-0.39, 0.29) is 11.7 Å². The quantitative estimate of drug-likeness (QED) is 0.282. The number of thiazole rings is 1. The van der Waals surface area contributed by atoms with E-state index in [4.69, 9.17) is 0 Å². The third kappa shape index (κ3) is 4.85. The molecule has 0 spiro atoms. The maximum Gasteiger partial charge on any atom is 0.284 e. The molecule has 4 aromatic rings. The van der Waals surface area contributed by atoms with Crippen molar-refractivity contribution in [2.45, 2.75) is 46.2 Å². The molecule has 2 aliphatic heterocycles. The van der Waals surface area contributed by atoms with Gasteiger partial charge in [-0.3, -0.25) is 9.59 Å². The number of amides is 1. The minimum absolute atomic E-state index is 0.170. The van der Waals surface area contributed by atoms with Gasteiger partial charge in [0.1, 0.15) is 0 Å². The molecule has 0 aliphatic carbocycles. The molecule has 0 unspecified atom stereocenters. The van der Waals surface area contributed by atoms with E-state index in [0.717, 1.165) is 88.0 Å². The number of aromatic nitrogens is 1. The van der Waals surface area contributed by atoms with Crippen LogP contribution in [0.25, 0.3) is 11.1 Å². The van der Waals surface area contributed by atoms with Crippen molar-refractivity contribution in [2.75, 3.05) is 18.4 Å². The number of benzene rings is 2. The van der Waals surface area contributed by atoms with E-state index in [1.807, 2.05) is 31.2 Å². The minimum Gasteiger partial charge on any atom is -0.320 e. The van der Waals surface area contributed by atoms with Crippen molar-refractivity contribution in [1.82, 2.24) is 15.6 Å². The first-order valence-electron chi connectivity index (χ1n) is 13.0. The molecule has 6 rings (SSSR count). The molecule has 0 saturated heterocycles. The molecule has 38 heavy (non-hydrogen) atoms. The van der Waals surface area contributed by atoms with Crippen LogP contribution in [0.5, 0.6) is 0 Å². The number of ketones is 1. The molecule has 2 aliphatic rings. The number of rotatable bonds is 6. The summed E-state index contributed by atoms with van der Waals surface area (Å²) in [5.74, 6) is -0.00158. The lowest BCUT2D eigenvalue weighted by molar-refractivity contribution is 0.0994. The third-order valence-electron chi connectivity index (χ3n) is 7.48. The van der Waals surface area contributed by atoms with E-state index in [1.54, 1.807) is 11.3 Å². The predicted octanol–water partition coefficient (Wildman–Crippen LogP) is 5.46. The Bertz CT molecular complexity index is 1390. The minimum atomic E-state index is -0.172. The largest absolute Gasteiger partial charge is 0.320 e. The second-order valence-corrected chi connectivity index (χ2v) is 12.1. The molecule has 4 heterocycles. The zero-order chi connectivity index (χ0) is 26.2. The second-order valence-electron chi connectivity index (χ2n) is 9.92. The maximum absolute atomic E-state index is 13.2. The predicted molar refractivity (Wildman–Crippen MR) is 155 cm³/mol. The standard InChI is InChI=1S/C30H30N4O2S2/c1-17-19(13-25(35)27-14-20-15-31-12-10-26(20)37-27)5-3-6-21(17)22-7-4-8-23(18(22)2)33-29(36)30-34-24-9-11-32-16-28(24)38-30/h3-8,14,31-32H,9-13,15-16H2,1-2H3,(H,33,36). The van der Waals surface area contributed by atoms with Crippen LogP contribution in [0.1, 0.15) is 57.2 Å². The summed E-state index contributed by atoms with van der Waals surface area (Å²) in [6.45, 7) is 7.62. The summed E-state index contributed by atoms with van der Waals surface area (Å²) in [4.78, 5) is 34.2. The zero-order valence-electron chi connectivity index (χ0n) is 21.6. The van der Waals surface area contributed by atoms with E-state index in [9.17, 15) is 9.59 Å². The van der Waals surface area contributed by atoms with Gasteiger partial charge in [-0.15, -0.1) is 22.7 Å². The topological polar surface area (TPSA) is 83.1 Å². The highest BCUT2D eigenvalue weighted by molar-refractivity contribution is 7.14. The molecule has 2 aromatic carbocycles. The van der Waals surface area contributed by atoms with Gasteiger partial charge in [0.15, 0.2) is 10.8 Å². The fourth-order valence-electron chi connectivity index (χ4n) is 5.28. The number of hydrogen-bond acceptors (Lipinski definition) is 7. The van der Waals surface area contributed by atoms with Crippen molar-refractivity contribution in [3.63, 3.8) is 0 Å². The van der Waals surface area contributed by atoms with Crippen molar-refractivity contribution in [3.05, 3.63) is 90.1 Å². The molecular formula is C30H30N4O2S2. The number of nitrogens with one attached hydrogen (secondary N) is 3.